The molecule has 2 aromatic carbocycles. The second kappa shape index (κ2) is 8.57. The zero-order valence-corrected chi connectivity index (χ0v) is 16.2. The second-order valence-corrected chi connectivity index (χ2v) is 6.57. The van der Waals surface area contributed by atoms with Gasteiger partial charge in [-0.1, -0.05) is 0 Å². The molecular formula is C23H19FN4O2. The van der Waals surface area contributed by atoms with Crippen LogP contribution in [-0.4, -0.2) is 27.8 Å². The molecule has 0 aliphatic rings. The van der Waals surface area contributed by atoms with Crippen molar-refractivity contribution in [2.75, 3.05) is 7.11 Å². The molecule has 1 amide bonds. The van der Waals surface area contributed by atoms with Crippen LogP contribution < -0.4 is 10.1 Å². The summed E-state index contributed by atoms with van der Waals surface area (Å²) in [5.74, 6) is 0.0837. The van der Waals surface area contributed by atoms with Crippen LogP contribution in [0.1, 0.15) is 16.1 Å². The van der Waals surface area contributed by atoms with E-state index in [4.69, 9.17) is 4.74 Å². The van der Waals surface area contributed by atoms with Gasteiger partial charge in [0.2, 0.25) is 0 Å². The number of nitrogens with one attached hydrogen (secondary N) is 1. The Morgan fingerprint density at radius 1 is 1.03 bits per heavy atom. The summed E-state index contributed by atoms with van der Waals surface area (Å²) in [5, 5.41) is 7.49. The van der Waals surface area contributed by atoms with E-state index in [-0.39, 0.29) is 11.7 Å². The third kappa shape index (κ3) is 4.20. The summed E-state index contributed by atoms with van der Waals surface area (Å²) in [7, 11) is 1.60. The molecule has 0 unspecified atom stereocenters. The Morgan fingerprint density at radius 3 is 2.40 bits per heavy atom. The molecule has 0 bridgehead atoms. The van der Waals surface area contributed by atoms with E-state index in [9.17, 15) is 9.18 Å². The van der Waals surface area contributed by atoms with Gasteiger partial charge in [-0.2, -0.15) is 5.10 Å². The van der Waals surface area contributed by atoms with Crippen molar-refractivity contribution < 1.29 is 13.9 Å². The van der Waals surface area contributed by atoms with Crippen molar-refractivity contribution in [2.24, 2.45) is 0 Å². The minimum absolute atomic E-state index is 0.289. The van der Waals surface area contributed by atoms with E-state index in [1.165, 1.54) is 16.8 Å². The molecule has 0 aliphatic heterocycles. The maximum absolute atomic E-state index is 13.4. The summed E-state index contributed by atoms with van der Waals surface area (Å²) in [4.78, 5) is 16.9. The molecule has 0 radical (unpaired) electrons. The van der Waals surface area contributed by atoms with Crippen LogP contribution >= 0.6 is 0 Å². The maximum atomic E-state index is 13.4. The normalized spacial score (nSPS) is 10.6. The molecular weight excluding hydrogens is 383 g/mol. The van der Waals surface area contributed by atoms with Gasteiger partial charge in [-0.15, -0.1) is 0 Å². The fraction of sp³-hybridized carbons (Fsp3) is 0.0870. The van der Waals surface area contributed by atoms with Gasteiger partial charge in [-0.25, -0.2) is 9.07 Å². The number of rotatable bonds is 6. The molecule has 4 rings (SSSR count). The zero-order chi connectivity index (χ0) is 20.9. The number of aromatic nitrogens is 3. The molecule has 0 spiro atoms. The van der Waals surface area contributed by atoms with Gasteiger partial charge < -0.3 is 10.1 Å². The molecule has 2 aromatic heterocycles. The average molecular weight is 402 g/mol. The Hall–Kier alpha value is -4.00. The Bertz CT molecular complexity index is 1140. The summed E-state index contributed by atoms with van der Waals surface area (Å²) in [6, 6.07) is 18.6. The van der Waals surface area contributed by atoms with Crippen LogP contribution in [0.25, 0.3) is 16.9 Å². The molecule has 0 atom stereocenters. The number of carbonyl (C=O) groups excluding carboxylic acids is 1. The molecule has 150 valence electrons. The van der Waals surface area contributed by atoms with Gasteiger partial charge >= 0.3 is 0 Å². The minimum atomic E-state index is -0.357. The molecule has 30 heavy (non-hydrogen) atoms. The van der Waals surface area contributed by atoms with E-state index in [1.54, 1.807) is 37.7 Å². The van der Waals surface area contributed by atoms with Gasteiger partial charge in [-0.3, -0.25) is 9.78 Å². The zero-order valence-electron chi connectivity index (χ0n) is 16.2. The monoisotopic (exact) mass is 402 g/mol. The lowest BCUT2D eigenvalue weighted by molar-refractivity contribution is 0.0943. The van der Waals surface area contributed by atoms with Gasteiger partial charge in [0, 0.05) is 24.5 Å². The molecule has 1 N–H and O–H groups in total. The Labute approximate surface area is 173 Å². The van der Waals surface area contributed by atoms with E-state index in [0.29, 0.717) is 23.6 Å². The Morgan fingerprint density at radius 2 is 1.73 bits per heavy atom. The van der Waals surface area contributed by atoms with E-state index < -0.39 is 0 Å². The first-order chi connectivity index (χ1) is 14.6. The lowest BCUT2D eigenvalue weighted by Crippen LogP contribution is -2.25. The smallest absolute Gasteiger partial charge is 0.270 e. The number of benzene rings is 2. The van der Waals surface area contributed by atoms with E-state index >= 15 is 0 Å². The predicted octanol–water partition coefficient (Wildman–Crippen LogP) is 4.01. The van der Waals surface area contributed by atoms with E-state index in [1.807, 2.05) is 36.4 Å². The first-order valence-electron chi connectivity index (χ1n) is 9.31. The molecule has 4 aromatic rings. The minimum Gasteiger partial charge on any atom is -0.497 e. The molecule has 6 nitrogen and oxygen atoms in total. The van der Waals surface area contributed by atoms with Crippen LogP contribution in [-0.2, 0) is 6.54 Å². The van der Waals surface area contributed by atoms with Crippen molar-refractivity contribution in [1.82, 2.24) is 20.1 Å². The van der Waals surface area contributed by atoms with Crippen LogP contribution in [0.2, 0.25) is 0 Å². The first-order valence-corrected chi connectivity index (χ1v) is 9.31. The van der Waals surface area contributed by atoms with Crippen LogP contribution in [0, 0.1) is 5.82 Å². The lowest BCUT2D eigenvalue weighted by atomic mass is 10.1. The molecule has 0 saturated heterocycles. The van der Waals surface area contributed by atoms with E-state index in [0.717, 1.165) is 16.9 Å². The summed E-state index contributed by atoms with van der Waals surface area (Å²) < 4.78 is 20.1. The van der Waals surface area contributed by atoms with Crippen molar-refractivity contribution in [3.8, 4) is 22.7 Å². The standard InChI is InChI=1S/C23H19FN4O2/c1-30-20-8-2-17(3-9-20)21-14-22(23(29)26-15-16-10-12-25-13-11-16)28(27-21)19-6-4-18(24)5-7-19/h2-14H,15H2,1H3,(H,26,29). The quantitative estimate of drug-likeness (QED) is 0.529. The van der Waals surface area contributed by atoms with Crippen LogP contribution in [0.3, 0.4) is 0 Å². The van der Waals surface area contributed by atoms with E-state index in [2.05, 4.69) is 15.4 Å². The summed E-state index contributed by atoms with van der Waals surface area (Å²) >= 11 is 0. The first kappa shape index (κ1) is 19.3. The fourth-order valence-electron chi connectivity index (χ4n) is 3.00. The molecule has 7 heteroatoms. The number of amides is 1. The van der Waals surface area contributed by atoms with Gasteiger partial charge in [0.05, 0.1) is 18.5 Å². The summed E-state index contributed by atoms with van der Waals surface area (Å²) in [5.41, 5.74) is 3.32. The number of halogens is 1. The van der Waals surface area contributed by atoms with Gasteiger partial charge in [0.25, 0.3) is 5.91 Å². The highest BCUT2D eigenvalue weighted by Crippen LogP contribution is 2.24. The van der Waals surface area contributed by atoms with Gasteiger partial charge in [0.1, 0.15) is 17.3 Å². The number of hydrogen-bond donors (Lipinski definition) is 1. The summed E-state index contributed by atoms with van der Waals surface area (Å²) in [6.45, 7) is 0.355. The highest BCUT2D eigenvalue weighted by atomic mass is 19.1. The lowest BCUT2D eigenvalue weighted by Gasteiger charge is -2.08. The predicted molar refractivity (Wildman–Crippen MR) is 111 cm³/mol. The third-order valence-corrected chi connectivity index (χ3v) is 4.60. The van der Waals surface area contributed by atoms with Crippen LogP contribution in [0.5, 0.6) is 5.75 Å². The fourth-order valence-corrected chi connectivity index (χ4v) is 3.00. The number of methoxy groups -OCH3 is 1. The number of hydrogen-bond acceptors (Lipinski definition) is 4. The van der Waals surface area contributed by atoms with Crippen molar-refractivity contribution in [3.05, 3.63) is 96.2 Å². The SMILES string of the molecule is COc1ccc(-c2cc(C(=O)NCc3ccncc3)n(-c3ccc(F)cc3)n2)cc1. The van der Waals surface area contributed by atoms with Crippen molar-refractivity contribution in [1.29, 1.82) is 0 Å². The largest absolute Gasteiger partial charge is 0.497 e. The average Bonchev–Trinajstić information content (AvgIpc) is 3.24. The highest BCUT2D eigenvalue weighted by Gasteiger charge is 2.18. The number of pyridine rings is 1. The molecule has 0 fully saturated rings. The summed E-state index contributed by atoms with van der Waals surface area (Å²) in [6.07, 6.45) is 3.35. The molecule has 2 heterocycles. The number of carbonyl (C=O) groups is 1. The van der Waals surface area contributed by atoms with Crippen molar-refractivity contribution >= 4 is 5.91 Å². The van der Waals surface area contributed by atoms with Crippen LogP contribution in [0.4, 0.5) is 4.39 Å². The van der Waals surface area contributed by atoms with Crippen LogP contribution in [0.15, 0.2) is 79.1 Å². The van der Waals surface area contributed by atoms with Crippen molar-refractivity contribution in [2.45, 2.75) is 6.54 Å². The highest BCUT2D eigenvalue weighted by molar-refractivity contribution is 5.94. The number of ether oxygens (including phenoxy) is 1. The Balaban J connectivity index is 1.68. The van der Waals surface area contributed by atoms with Crippen molar-refractivity contribution in [3.63, 3.8) is 0 Å². The molecule has 0 aliphatic carbocycles. The topological polar surface area (TPSA) is 69.0 Å². The maximum Gasteiger partial charge on any atom is 0.270 e. The molecule has 0 saturated carbocycles. The van der Waals surface area contributed by atoms with Gasteiger partial charge in [0.15, 0.2) is 0 Å². The number of nitrogens with zero attached hydrogens (tertiary/aromatic N) is 3. The third-order valence-electron chi connectivity index (χ3n) is 4.60. The van der Waals surface area contributed by atoms with Gasteiger partial charge in [-0.05, 0) is 72.3 Å². The second-order valence-electron chi connectivity index (χ2n) is 6.57. The Kier molecular flexibility index (Phi) is 5.52.